The molecule has 0 unspecified atom stereocenters. The fourth-order valence-electron chi connectivity index (χ4n) is 0.545. The van der Waals surface area contributed by atoms with E-state index in [2.05, 4.69) is 9.72 Å². The van der Waals surface area contributed by atoms with Crippen molar-refractivity contribution in [2.45, 2.75) is 0 Å². The maximum Gasteiger partial charge on any atom is 0.298 e. The fraction of sp³-hybridized carbons (Fsp3) is 0. The zero-order valence-electron chi connectivity index (χ0n) is 5.25. The first-order valence-electron chi connectivity index (χ1n) is 2.66. The topological polar surface area (TPSA) is 39.2 Å². The number of rotatable bonds is 2. The van der Waals surface area contributed by atoms with Gasteiger partial charge in [0.1, 0.15) is 0 Å². The number of hydrogen-bond donors (Lipinski definition) is 0. The van der Waals surface area contributed by atoms with E-state index in [-0.39, 0.29) is 6.47 Å². The molecule has 0 radical (unpaired) electrons. The SMILES string of the molecule is O=COc1ccnc(F)c1F. The third-order valence-corrected chi connectivity index (χ3v) is 0.986. The maximum absolute atomic E-state index is 12.5. The van der Waals surface area contributed by atoms with Gasteiger partial charge in [-0.2, -0.15) is 8.78 Å². The molecule has 0 aliphatic rings. The summed E-state index contributed by atoms with van der Waals surface area (Å²) in [6.07, 6.45) is 0.997. The minimum atomic E-state index is -1.29. The lowest BCUT2D eigenvalue weighted by Gasteiger charge is -1.97. The highest BCUT2D eigenvalue weighted by atomic mass is 19.2. The van der Waals surface area contributed by atoms with Crippen molar-refractivity contribution in [3.05, 3.63) is 24.0 Å². The molecule has 0 aliphatic carbocycles. The van der Waals surface area contributed by atoms with Gasteiger partial charge in [-0.3, -0.25) is 4.79 Å². The van der Waals surface area contributed by atoms with E-state index in [1.165, 1.54) is 0 Å². The second-order valence-electron chi connectivity index (χ2n) is 1.63. The number of nitrogens with zero attached hydrogens (tertiary/aromatic N) is 1. The largest absolute Gasteiger partial charge is 0.425 e. The lowest BCUT2D eigenvalue weighted by Crippen LogP contribution is -1.96. The molecule has 0 N–H and O–H groups in total. The number of carbonyl (C=O) groups excluding carboxylic acids is 1. The third-order valence-electron chi connectivity index (χ3n) is 0.986. The highest BCUT2D eigenvalue weighted by Gasteiger charge is 2.08. The number of carbonyl (C=O) groups is 1. The van der Waals surface area contributed by atoms with Crippen LogP contribution in [0.5, 0.6) is 5.75 Å². The second kappa shape index (κ2) is 3.05. The quantitative estimate of drug-likeness (QED) is 0.475. The Morgan fingerprint density at radius 3 is 2.91 bits per heavy atom. The van der Waals surface area contributed by atoms with Gasteiger partial charge in [0.15, 0.2) is 5.75 Å². The first-order valence-corrected chi connectivity index (χ1v) is 2.66. The van der Waals surface area contributed by atoms with E-state index in [1.807, 2.05) is 0 Å². The summed E-state index contributed by atoms with van der Waals surface area (Å²) in [5, 5.41) is 0. The van der Waals surface area contributed by atoms with E-state index in [1.54, 1.807) is 0 Å². The monoisotopic (exact) mass is 159 g/mol. The van der Waals surface area contributed by atoms with Gasteiger partial charge >= 0.3 is 0 Å². The second-order valence-corrected chi connectivity index (χ2v) is 1.63. The summed E-state index contributed by atoms with van der Waals surface area (Å²) in [4.78, 5) is 12.7. The van der Waals surface area contributed by atoms with Crippen molar-refractivity contribution >= 4 is 6.47 Å². The van der Waals surface area contributed by atoms with Gasteiger partial charge in [0, 0.05) is 12.3 Å². The summed E-state index contributed by atoms with van der Waals surface area (Å²) in [5.74, 6) is -3.02. The minimum absolute atomic E-state index is 0.0118. The molecule has 0 saturated heterocycles. The number of hydrogen-bond acceptors (Lipinski definition) is 3. The molecule has 58 valence electrons. The Morgan fingerprint density at radius 2 is 2.27 bits per heavy atom. The van der Waals surface area contributed by atoms with Gasteiger partial charge in [0.05, 0.1) is 0 Å². The zero-order valence-corrected chi connectivity index (χ0v) is 5.25. The molecule has 0 atom stereocenters. The molecule has 3 nitrogen and oxygen atoms in total. The number of pyridine rings is 1. The Kier molecular flexibility index (Phi) is 2.10. The predicted octanol–water partition coefficient (Wildman–Crippen LogP) is 0.895. The normalized spacial score (nSPS) is 9.27. The Balaban J connectivity index is 3.05. The molecule has 5 heteroatoms. The molecule has 0 saturated carbocycles. The predicted molar refractivity (Wildman–Crippen MR) is 30.8 cm³/mol. The van der Waals surface area contributed by atoms with Crippen LogP contribution in [0.25, 0.3) is 0 Å². The smallest absolute Gasteiger partial charge is 0.298 e. The van der Waals surface area contributed by atoms with Gasteiger partial charge in [-0.15, -0.1) is 0 Å². The van der Waals surface area contributed by atoms with Crippen molar-refractivity contribution in [1.29, 1.82) is 0 Å². The van der Waals surface area contributed by atoms with Crippen LogP contribution in [0.2, 0.25) is 0 Å². The minimum Gasteiger partial charge on any atom is -0.425 e. The van der Waals surface area contributed by atoms with Crippen LogP contribution in [0.4, 0.5) is 8.78 Å². The molecule has 1 aromatic rings. The van der Waals surface area contributed by atoms with Crippen molar-refractivity contribution in [1.82, 2.24) is 4.98 Å². The molecule has 0 spiro atoms. The van der Waals surface area contributed by atoms with Gasteiger partial charge in [0.25, 0.3) is 12.4 Å². The summed E-state index contributed by atoms with van der Waals surface area (Å²) < 4.78 is 28.8. The lowest BCUT2D eigenvalue weighted by atomic mass is 10.4. The van der Waals surface area contributed by atoms with E-state index >= 15 is 0 Å². The molecule has 0 fully saturated rings. The maximum atomic E-state index is 12.5. The van der Waals surface area contributed by atoms with Gasteiger partial charge in [-0.05, 0) is 0 Å². The molecule has 11 heavy (non-hydrogen) atoms. The molecule has 1 aromatic heterocycles. The van der Waals surface area contributed by atoms with E-state index in [0.29, 0.717) is 0 Å². The average molecular weight is 159 g/mol. The summed E-state index contributed by atoms with van der Waals surface area (Å²) >= 11 is 0. The number of aromatic nitrogens is 1. The van der Waals surface area contributed by atoms with Gasteiger partial charge in [0.2, 0.25) is 5.82 Å². The average Bonchev–Trinajstić information content (AvgIpc) is 1.99. The van der Waals surface area contributed by atoms with Crippen LogP contribution in [0, 0.1) is 11.8 Å². The molecule has 0 bridgehead atoms. The van der Waals surface area contributed by atoms with Crippen LogP contribution in [0.15, 0.2) is 12.3 Å². The van der Waals surface area contributed by atoms with E-state index in [4.69, 9.17) is 0 Å². The van der Waals surface area contributed by atoms with E-state index < -0.39 is 17.5 Å². The standard InChI is InChI=1S/C6H3F2NO2/c7-5-4(11-3-10)1-2-9-6(5)8/h1-3H. The van der Waals surface area contributed by atoms with Crippen molar-refractivity contribution in [3.8, 4) is 5.75 Å². The van der Waals surface area contributed by atoms with Crippen molar-refractivity contribution in [2.75, 3.05) is 0 Å². The highest BCUT2D eigenvalue weighted by molar-refractivity contribution is 5.44. The first kappa shape index (κ1) is 7.59. The summed E-state index contributed by atoms with van der Waals surface area (Å²) in [6, 6.07) is 1.05. The molecule has 0 aliphatic heterocycles. The van der Waals surface area contributed by atoms with E-state index in [9.17, 15) is 13.6 Å². The Hall–Kier alpha value is -1.52. The summed E-state index contributed by atoms with van der Waals surface area (Å²) in [6.45, 7) is 0.0118. The Labute approximate surface area is 60.6 Å². The molecular weight excluding hydrogens is 156 g/mol. The van der Waals surface area contributed by atoms with Crippen molar-refractivity contribution in [2.24, 2.45) is 0 Å². The molecule has 1 heterocycles. The third kappa shape index (κ3) is 1.49. The zero-order chi connectivity index (χ0) is 8.27. The molecular formula is C6H3F2NO2. The summed E-state index contributed by atoms with van der Waals surface area (Å²) in [5.41, 5.74) is 0. The molecule has 0 aromatic carbocycles. The van der Waals surface area contributed by atoms with Crippen LogP contribution >= 0.6 is 0 Å². The lowest BCUT2D eigenvalue weighted by molar-refractivity contribution is -0.120. The van der Waals surface area contributed by atoms with Gasteiger partial charge in [-0.1, -0.05) is 0 Å². The highest BCUT2D eigenvalue weighted by Crippen LogP contribution is 2.15. The Morgan fingerprint density at radius 1 is 1.55 bits per heavy atom. The van der Waals surface area contributed by atoms with Crippen LogP contribution in [0.3, 0.4) is 0 Å². The van der Waals surface area contributed by atoms with Crippen LogP contribution in [-0.4, -0.2) is 11.5 Å². The van der Waals surface area contributed by atoms with Crippen LogP contribution in [-0.2, 0) is 4.79 Å². The van der Waals surface area contributed by atoms with Gasteiger partial charge < -0.3 is 4.74 Å². The molecule has 1 rings (SSSR count). The van der Waals surface area contributed by atoms with Crippen LogP contribution < -0.4 is 4.74 Å². The first-order chi connectivity index (χ1) is 5.25. The van der Waals surface area contributed by atoms with Crippen molar-refractivity contribution < 1.29 is 18.3 Å². The van der Waals surface area contributed by atoms with E-state index in [0.717, 1.165) is 12.3 Å². The number of ether oxygens (including phenoxy) is 1. The molecule has 0 amide bonds. The van der Waals surface area contributed by atoms with Crippen LogP contribution in [0.1, 0.15) is 0 Å². The summed E-state index contributed by atoms with van der Waals surface area (Å²) in [7, 11) is 0. The number of halogens is 2. The fourth-order valence-corrected chi connectivity index (χ4v) is 0.545. The Bertz CT molecular complexity index is 277. The van der Waals surface area contributed by atoms with Gasteiger partial charge in [-0.25, -0.2) is 4.98 Å². The van der Waals surface area contributed by atoms with Crippen molar-refractivity contribution in [3.63, 3.8) is 0 Å².